The SMILES string of the molecule is CCCCCCc1cc(Cc2cc(CCCCCC)c(N)c(CCCCCC)c2)cc(CCCCCC)c1N. The van der Waals surface area contributed by atoms with Gasteiger partial charge in [0.05, 0.1) is 0 Å². The number of anilines is 2. The zero-order valence-corrected chi connectivity index (χ0v) is 26.3. The minimum absolute atomic E-state index is 0.981. The highest BCUT2D eigenvalue weighted by Crippen LogP contribution is 2.29. The first-order valence-corrected chi connectivity index (χ1v) is 16.8. The Hall–Kier alpha value is -1.96. The summed E-state index contributed by atoms with van der Waals surface area (Å²) in [5.41, 5.74) is 24.1. The highest BCUT2D eigenvalue weighted by atomic mass is 14.6. The molecule has 0 aliphatic heterocycles. The topological polar surface area (TPSA) is 52.0 Å². The van der Waals surface area contributed by atoms with E-state index in [1.54, 1.807) is 0 Å². The molecular formula is C37H62N2. The first-order chi connectivity index (χ1) is 19.0. The monoisotopic (exact) mass is 534 g/mol. The third kappa shape index (κ3) is 12.4. The molecule has 0 saturated carbocycles. The fraction of sp³-hybridized carbons (Fsp3) is 0.676. The highest BCUT2D eigenvalue weighted by Gasteiger charge is 2.13. The van der Waals surface area contributed by atoms with E-state index >= 15 is 0 Å². The van der Waals surface area contributed by atoms with E-state index in [1.807, 2.05) is 0 Å². The molecular weight excluding hydrogens is 472 g/mol. The predicted molar refractivity (Wildman–Crippen MR) is 176 cm³/mol. The lowest BCUT2D eigenvalue weighted by atomic mass is 9.90. The standard InChI is InChI=1S/C37H62N2/c1-5-9-13-17-21-32-26-30(27-33(36(32)38)22-18-14-10-6-2)25-31-28-34(23-19-15-11-7-3)37(39)35(29-31)24-20-16-12-8-4/h26-29H,5-25,38-39H2,1-4H3. The normalized spacial score (nSPS) is 11.4. The van der Waals surface area contributed by atoms with Crippen LogP contribution >= 0.6 is 0 Å². The Morgan fingerprint density at radius 3 is 0.872 bits per heavy atom. The van der Waals surface area contributed by atoms with E-state index in [9.17, 15) is 0 Å². The summed E-state index contributed by atoms with van der Waals surface area (Å²) in [5, 5.41) is 0. The minimum Gasteiger partial charge on any atom is -0.398 e. The Labute approximate surface area is 242 Å². The van der Waals surface area contributed by atoms with Gasteiger partial charge in [0.2, 0.25) is 0 Å². The van der Waals surface area contributed by atoms with Gasteiger partial charge in [-0.15, -0.1) is 0 Å². The van der Waals surface area contributed by atoms with Gasteiger partial charge in [-0.1, -0.05) is 129 Å². The lowest BCUT2D eigenvalue weighted by molar-refractivity contribution is 0.661. The van der Waals surface area contributed by atoms with Crippen molar-refractivity contribution in [2.24, 2.45) is 0 Å². The average molecular weight is 535 g/mol. The Balaban J connectivity index is 2.32. The van der Waals surface area contributed by atoms with Crippen LogP contribution in [0.3, 0.4) is 0 Å². The maximum Gasteiger partial charge on any atom is 0.0379 e. The molecule has 0 aromatic heterocycles. The number of benzene rings is 2. The van der Waals surface area contributed by atoms with Gasteiger partial charge >= 0.3 is 0 Å². The van der Waals surface area contributed by atoms with E-state index in [2.05, 4.69) is 52.0 Å². The number of hydrogen-bond acceptors (Lipinski definition) is 2. The van der Waals surface area contributed by atoms with Crippen molar-refractivity contribution in [3.05, 3.63) is 57.6 Å². The Kier molecular flexibility index (Phi) is 17.0. The van der Waals surface area contributed by atoms with E-state index in [4.69, 9.17) is 11.5 Å². The van der Waals surface area contributed by atoms with Gasteiger partial charge in [-0.25, -0.2) is 0 Å². The third-order valence-electron chi connectivity index (χ3n) is 8.43. The lowest BCUT2D eigenvalue weighted by Gasteiger charge is -2.17. The lowest BCUT2D eigenvalue weighted by Crippen LogP contribution is -2.06. The Morgan fingerprint density at radius 1 is 0.385 bits per heavy atom. The van der Waals surface area contributed by atoms with E-state index < -0.39 is 0 Å². The molecule has 0 unspecified atom stereocenters. The maximum absolute atomic E-state index is 6.79. The second kappa shape index (κ2) is 20.0. The highest BCUT2D eigenvalue weighted by molar-refractivity contribution is 5.59. The summed E-state index contributed by atoms with van der Waals surface area (Å²) in [4.78, 5) is 0. The largest absolute Gasteiger partial charge is 0.398 e. The summed E-state index contributed by atoms with van der Waals surface area (Å²) < 4.78 is 0. The molecule has 0 bridgehead atoms. The van der Waals surface area contributed by atoms with Gasteiger partial charge in [-0.2, -0.15) is 0 Å². The molecule has 0 fully saturated rings. The summed E-state index contributed by atoms with van der Waals surface area (Å²) >= 11 is 0. The zero-order valence-electron chi connectivity index (χ0n) is 26.3. The number of unbranched alkanes of at least 4 members (excludes halogenated alkanes) is 12. The Bertz CT molecular complexity index is 788. The van der Waals surface area contributed by atoms with Crippen molar-refractivity contribution in [3.8, 4) is 0 Å². The quantitative estimate of drug-likeness (QED) is 0.117. The van der Waals surface area contributed by atoms with E-state index in [0.717, 1.165) is 43.5 Å². The molecule has 0 radical (unpaired) electrons. The Morgan fingerprint density at radius 2 is 0.641 bits per heavy atom. The molecule has 39 heavy (non-hydrogen) atoms. The number of nitrogen functional groups attached to an aromatic ring is 2. The molecule has 0 aliphatic rings. The van der Waals surface area contributed by atoms with Crippen molar-refractivity contribution in [2.45, 2.75) is 163 Å². The average Bonchev–Trinajstić information content (AvgIpc) is 2.93. The second-order valence-corrected chi connectivity index (χ2v) is 12.1. The first kappa shape index (κ1) is 33.2. The smallest absolute Gasteiger partial charge is 0.0379 e. The van der Waals surface area contributed by atoms with Gasteiger partial charge in [0.15, 0.2) is 0 Å². The van der Waals surface area contributed by atoms with Crippen molar-refractivity contribution in [1.29, 1.82) is 0 Å². The second-order valence-electron chi connectivity index (χ2n) is 12.1. The van der Waals surface area contributed by atoms with Gasteiger partial charge in [-0.05, 0) is 91.2 Å². The molecule has 0 amide bonds. The van der Waals surface area contributed by atoms with Crippen molar-refractivity contribution in [2.75, 3.05) is 11.5 Å². The molecule has 0 saturated heterocycles. The summed E-state index contributed by atoms with van der Waals surface area (Å²) in [6.45, 7) is 9.14. The van der Waals surface area contributed by atoms with Crippen molar-refractivity contribution >= 4 is 11.4 Å². The van der Waals surface area contributed by atoms with Crippen molar-refractivity contribution < 1.29 is 0 Å². The summed E-state index contributed by atoms with van der Waals surface area (Å²) in [7, 11) is 0. The third-order valence-corrected chi connectivity index (χ3v) is 8.43. The molecule has 0 heterocycles. The molecule has 0 atom stereocenters. The molecule has 4 N–H and O–H groups in total. The number of hydrogen-bond donors (Lipinski definition) is 2. The molecule has 2 nitrogen and oxygen atoms in total. The maximum atomic E-state index is 6.79. The predicted octanol–water partition coefficient (Wildman–Crippen LogP) is 10.9. The van der Waals surface area contributed by atoms with Crippen LogP contribution in [0, 0.1) is 0 Å². The van der Waals surface area contributed by atoms with Gasteiger partial charge in [0.1, 0.15) is 0 Å². The van der Waals surface area contributed by atoms with E-state index in [1.165, 1.54) is 136 Å². The fourth-order valence-electron chi connectivity index (χ4n) is 5.94. The van der Waals surface area contributed by atoms with Crippen molar-refractivity contribution in [1.82, 2.24) is 0 Å². The van der Waals surface area contributed by atoms with Crippen molar-refractivity contribution in [3.63, 3.8) is 0 Å². The van der Waals surface area contributed by atoms with Crippen LogP contribution < -0.4 is 11.5 Å². The van der Waals surface area contributed by atoms with Gasteiger partial charge in [0, 0.05) is 11.4 Å². The van der Waals surface area contributed by atoms with Crippen LogP contribution in [-0.2, 0) is 32.1 Å². The molecule has 0 spiro atoms. The number of nitrogens with two attached hydrogens (primary N) is 2. The summed E-state index contributed by atoms with van der Waals surface area (Å²) in [6, 6.07) is 9.70. The molecule has 2 rings (SSSR count). The molecule has 220 valence electrons. The van der Waals surface area contributed by atoms with Gasteiger partial charge in [-0.3, -0.25) is 0 Å². The molecule has 2 heteroatoms. The van der Waals surface area contributed by atoms with E-state index in [0.29, 0.717) is 0 Å². The number of aryl methyl sites for hydroxylation is 4. The van der Waals surface area contributed by atoms with E-state index in [-0.39, 0.29) is 0 Å². The molecule has 2 aromatic carbocycles. The van der Waals surface area contributed by atoms with Crippen LogP contribution in [-0.4, -0.2) is 0 Å². The van der Waals surface area contributed by atoms with Crippen LogP contribution in [0.2, 0.25) is 0 Å². The molecule has 0 aliphatic carbocycles. The van der Waals surface area contributed by atoms with Crippen LogP contribution in [0.25, 0.3) is 0 Å². The first-order valence-electron chi connectivity index (χ1n) is 16.8. The zero-order chi connectivity index (χ0) is 28.3. The number of rotatable bonds is 22. The minimum atomic E-state index is 0.981. The van der Waals surface area contributed by atoms with Gasteiger partial charge in [0.25, 0.3) is 0 Å². The van der Waals surface area contributed by atoms with Crippen LogP contribution in [0.4, 0.5) is 11.4 Å². The fourth-order valence-corrected chi connectivity index (χ4v) is 5.94. The van der Waals surface area contributed by atoms with Crippen LogP contribution in [0.15, 0.2) is 24.3 Å². The van der Waals surface area contributed by atoms with Crippen LogP contribution in [0.1, 0.15) is 164 Å². The summed E-state index contributed by atoms with van der Waals surface area (Å²) in [5.74, 6) is 0. The molecule has 2 aromatic rings. The summed E-state index contributed by atoms with van der Waals surface area (Å²) in [6.07, 6.45) is 25.9. The van der Waals surface area contributed by atoms with Gasteiger partial charge < -0.3 is 11.5 Å². The van der Waals surface area contributed by atoms with Crippen LogP contribution in [0.5, 0.6) is 0 Å².